The number of para-hydroxylation sites is 1. The Morgan fingerprint density at radius 2 is 2.04 bits per heavy atom. The zero-order chi connectivity index (χ0) is 16.6. The molecule has 0 saturated carbocycles. The number of halogens is 2. The van der Waals surface area contributed by atoms with Gasteiger partial charge >= 0.3 is 0 Å². The minimum atomic E-state index is -0.849. The van der Waals surface area contributed by atoms with Gasteiger partial charge < -0.3 is 15.4 Å². The SMILES string of the molecule is NC(=O)C(c1ccc(F)c(Cl)c1)n1cc(CO)c2ccccc21. The summed E-state index contributed by atoms with van der Waals surface area (Å²) in [5.74, 6) is -1.16. The van der Waals surface area contributed by atoms with Crippen molar-refractivity contribution in [1.29, 1.82) is 0 Å². The molecule has 0 aliphatic rings. The van der Waals surface area contributed by atoms with Gasteiger partial charge in [0, 0.05) is 22.7 Å². The lowest BCUT2D eigenvalue weighted by atomic mass is 10.1. The van der Waals surface area contributed by atoms with Crippen LogP contribution in [0.3, 0.4) is 0 Å². The van der Waals surface area contributed by atoms with E-state index in [9.17, 15) is 14.3 Å². The van der Waals surface area contributed by atoms with Crippen molar-refractivity contribution in [2.75, 3.05) is 0 Å². The summed E-state index contributed by atoms with van der Waals surface area (Å²) in [6.07, 6.45) is 1.68. The van der Waals surface area contributed by atoms with Crippen molar-refractivity contribution in [3.8, 4) is 0 Å². The fraction of sp³-hybridized carbons (Fsp3) is 0.118. The van der Waals surface area contributed by atoms with Gasteiger partial charge in [-0.05, 0) is 23.8 Å². The number of hydrogen-bond donors (Lipinski definition) is 2. The van der Waals surface area contributed by atoms with Crippen molar-refractivity contribution in [2.24, 2.45) is 5.73 Å². The van der Waals surface area contributed by atoms with Crippen molar-refractivity contribution in [3.63, 3.8) is 0 Å². The van der Waals surface area contributed by atoms with Crippen molar-refractivity contribution < 1.29 is 14.3 Å². The molecule has 2 aromatic carbocycles. The molecule has 1 unspecified atom stereocenters. The molecule has 1 heterocycles. The van der Waals surface area contributed by atoms with Crippen LogP contribution < -0.4 is 5.73 Å². The highest BCUT2D eigenvalue weighted by molar-refractivity contribution is 6.30. The van der Waals surface area contributed by atoms with E-state index in [0.29, 0.717) is 11.1 Å². The summed E-state index contributed by atoms with van der Waals surface area (Å²) in [5, 5.41) is 10.3. The predicted molar refractivity (Wildman–Crippen MR) is 86.6 cm³/mol. The number of rotatable bonds is 4. The summed E-state index contributed by atoms with van der Waals surface area (Å²) in [6.45, 7) is -0.164. The number of primary amides is 1. The Bertz CT molecular complexity index is 891. The molecule has 0 aliphatic carbocycles. The van der Waals surface area contributed by atoms with Gasteiger partial charge in [0.25, 0.3) is 0 Å². The van der Waals surface area contributed by atoms with E-state index in [4.69, 9.17) is 17.3 Å². The lowest BCUT2D eigenvalue weighted by Gasteiger charge is -2.18. The molecule has 1 amide bonds. The molecule has 3 rings (SSSR count). The number of hydrogen-bond acceptors (Lipinski definition) is 2. The summed E-state index contributed by atoms with van der Waals surface area (Å²) in [7, 11) is 0. The third kappa shape index (κ3) is 2.69. The molecule has 6 heteroatoms. The van der Waals surface area contributed by atoms with Crippen molar-refractivity contribution >= 4 is 28.4 Å². The maximum Gasteiger partial charge on any atom is 0.245 e. The number of carbonyl (C=O) groups excluding carboxylic acids is 1. The molecule has 0 fully saturated rings. The molecule has 3 N–H and O–H groups in total. The summed E-state index contributed by atoms with van der Waals surface area (Å²) < 4.78 is 15.1. The highest BCUT2D eigenvalue weighted by Gasteiger charge is 2.23. The largest absolute Gasteiger partial charge is 0.392 e. The van der Waals surface area contributed by atoms with Gasteiger partial charge in [-0.25, -0.2) is 4.39 Å². The average molecular weight is 333 g/mol. The lowest BCUT2D eigenvalue weighted by molar-refractivity contribution is -0.120. The van der Waals surface area contributed by atoms with E-state index < -0.39 is 17.8 Å². The minimum absolute atomic E-state index is 0.0763. The molecule has 0 radical (unpaired) electrons. The van der Waals surface area contributed by atoms with Crippen LogP contribution in [0.25, 0.3) is 10.9 Å². The summed E-state index contributed by atoms with van der Waals surface area (Å²) in [6, 6.07) is 10.6. The fourth-order valence-electron chi connectivity index (χ4n) is 2.76. The van der Waals surface area contributed by atoms with Crippen molar-refractivity contribution in [3.05, 3.63) is 70.6 Å². The summed E-state index contributed by atoms with van der Waals surface area (Å²) in [4.78, 5) is 12.0. The van der Waals surface area contributed by atoms with Gasteiger partial charge in [0.1, 0.15) is 11.9 Å². The lowest BCUT2D eigenvalue weighted by Crippen LogP contribution is -2.27. The second kappa shape index (κ2) is 6.02. The molecular weight excluding hydrogens is 319 g/mol. The molecule has 1 aromatic heterocycles. The number of aliphatic hydroxyl groups excluding tert-OH is 1. The van der Waals surface area contributed by atoms with E-state index in [1.165, 1.54) is 18.2 Å². The summed E-state index contributed by atoms with van der Waals surface area (Å²) in [5.41, 5.74) is 7.48. The molecule has 23 heavy (non-hydrogen) atoms. The van der Waals surface area contributed by atoms with Crippen LogP contribution >= 0.6 is 11.6 Å². The molecular formula is C17H14ClFN2O2. The Morgan fingerprint density at radius 3 is 2.70 bits per heavy atom. The molecule has 1 atom stereocenters. The number of aliphatic hydroxyl groups is 1. The second-order valence-electron chi connectivity index (χ2n) is 5.22. The van der Waals surface area contributed by atoms with Crippen molar-refractivity contribution in [2.45, 2.75) is 12.6 Å². The number of benzene rings is 2. The number of fused-ring (bicyclic) bond motifs is 1. The number of nitrogens with zero attached hydrogens (tertiary/aromatic N) is 1. The van der Waals surface area contributed by atoms with Gasteiger partial charge in [0.05, 0.1) is 11.6 Å². The van der Waals surface area contributed by atoms with Gasteiger partial charge in [-0.1, -0.05) is 35.9 Å². The monoisotopic (exact) mass is 332 g/mol. The molecule has 118 valence electrons. The first kappa shape index (κ1) is 15.5. The van der Waals surface area contributed by atoms with Gasteiger partial charge in [-0.15, -0.1) is 0 Å². The van der Waals surface area contributed by atoms with Crippen LogP contribution in [-0.4, -0.2) is 15.6 Å². The van der Waals surface area contributed by atoms with Gasteiger partial charge in [0.2, 0.25) is 5.91 Å². The number of carbonyl (C=O) groups is 1. The molecule has 0 saturated heterocycles. The zero-order valence-electron chi connectivity index (χ0n) is 12.0. The highest BCUT2D eigenvalue weighted by Crippen LogP contribution is 2.30. The molecule has 0 bridgehead atoms. The van der Waals surface area contributed by atoms with Crippen LogP contribution in [0.1, 0.15) is 17.2 Å². The third-order valence-electron chi connectivity index (χ3n) is 3.80. The Hall–Kier alpha value is -2.37. The van der Waals surface area contributed by atoms with E-state index in [1.54, 1.807) is 10.8 Å². The smallest absolute Gasteiger partial charge is 0.245 e. The first-order valence-corrected chi connectivity index (χ1v) is 7.34. The van der Waals surface area contributed by atoms with Crippen LogP contribution in [0.5, 0.6) is 0 Å². The maximum atomic E-state index is 13.4. The van der Waals surface area contributed by atoms with Crippen LogP contribution in [0.4, 0.5) is 4.39 Å². The average Bonchev–Trinajstić information content (AvgIpc) is 2.89. The van der Waals surface area contributed by atoms with Gasteiger partial charge in [0.15, 0.2) is 0 Å². The molecule has 4 nitrogen and oxygen atoms in total. The van der Waals surface area contributed by atoms with Crippen LogP contribution in [0.15, 0.2) is 48.7 Å². The number of aromatic nitrogens is 1. The Morgan fingerprint density at radius 1 is 1.30 bits per heavy atom. The Balaban J connectivity index is 2.23. The van der Waals surface area contributed by atoms with Gasteiger partial charge in [-0.2, -0.15) is 0 Å². The first-order chi connectivity index (χ1) is 11.0. The second-order valence-corrected chi connectivity index (χ2v) is 5.62. The van der Waals surface area contributed by atoms with E-state index in [0.717, 1.165) is 10.9 Å². The predicted octanol–water partition coefficient (Wildman–Crippen LogP) is 3.00. The third-order valence-corrected chi connectivity index (χ3v) is 4.09. The van der Waals surface area contributed by atoms with Gasteiger partial charge in [-0.3, -0.25) is 4.79 Å². The van der Waals surface area contributed by atoms with E-state index in [1.807, 2.05) is 24.3 Å². The standard InChI is InChI=1S/C17H14ClFN2O2/c18-13-7-10(5-6-14(13)19)16(17(20)23)21-8-11(9-22)12-3-1-2-4-15(12)21/h1-8,16,22H,9H2,(H2,20,23). The van der Waals surface area contributed by atoms with Crippen LogP contribution in [-0.2, 0) is 11.4 Å². The summed E-state index contributed by atoms with van der Waals surface area (Å²) >= 11 is 5.82. The highest BCUT2D eigenvalue weighted by atomic mass is 35.5. The first-order valence-electron chi connectivity index (χ1n) is 6.96. The molecule has 3 aromatic rings. The normalized spacial score (nSPS) is 12.5. The molecule has 0 spiro atoms. The van der Waals surface area contributed by atoms with Crippen molar-refractivity contribution in [1.82, 2.24) is 4.57 Å². The Kier molecular flexibility index (Phi) is 4.07. The Labute approximate surface area is 136 Å². The van der Waals surface area contributed by atoms with Crippen LogP contribution in [0.2, 0.25) is 5.02 Å². The quantitative estimate of drug-likeness (QED) is 0.771. The topological polar surface area (TPSA) is 68.2 Å². The maximum absolute atomic E-state index is 13.4. The zero-order valence-corrected chi connectivity index (χ0v) is 12.8. The van der Waals surface area contributed by atoms with E-state index in [2.05, 4.69) is 0 Å². The van der Waals surface area contributed by atoms with E-state index in [-0.39, 0.29) is 11.6 Å². The van der Waals surface area contributed by atoms with Crippen LogP contribution in [0, 0.1) is 5.82 Å². The fourth-order valence-corrected chi connectivity index (χ4v) is 2.95. The number of amides is 1. The number of nitrogens with two attached hydrogens (primary N) is 1. The minimum Gasteiger partial charge on any atom is -0.392 e. The molecule has 0 aliphatic heterocycles. The van der Waals surface area contributed by atoms with E-state index >= 15 is 0 Å².